The first-order valence-electron chi connectivity index (χ1n) is 14.7. The molecule has 0 aromatic carbocycles. The van der Waals surface area contributed by atoms with Gasteiger partial charge >= 0.3 is 5.97 Å². The number of rotatable bonds is 3. The van der Waals surface area contributed by atoms with Gasteiger partial charge in [0.25, 0.3) is 0 Å². The Labute approximate surface area is 228 Å². The number of carbonyl (C=O) groups excluding carboxylic acids is 1. The highest BCUT2D eigenvalue weighted by Crippen LogP contribution is 2.77. The van der Waals surface area contributed by atoms with Crippen LogP contribution in [0.5, 0.6) is 0 Å². The summed E-state index contributed by atoms with van der Waals surface area (Å²) in [6, 6.07) is 0. The van der Waals surface area contributed by atoms with E-state index in [1.54, 1.807) is 6.92 Å². The van der Waals surface area contributed by atoms with Gasteiger partial charge in [-0.2, -0.15) is 0 Å². The van der Waals surface area contributed by atoms with Crippen molar-refractivity contribution in [1.82, 2.24) is 0 Å². The molecule has 2 saturated heterocycles. The average molecular weight is 551 g/mol. The normalized spacial score (nSPS) is 59.9. The minimum absolute atomic E-state index is 0.0227. The molecule has 0 bridgehead atoms. The fourth-order valence-electron chi connectivity index (χ4n) is 10.2. The van der Waals surface area contributed by atoms with Gasteiger partial charge in [-0.15, -0.1) is 0 Å². The Kier molecular flexibility index (Phi) is 5.82. The van der Waals surface area contributed by atoms with Gasteiger partial charge < -0.3 is 44.5 Å². The summed E-state index contributed by atoms with van der Waals surface area (Å²) in [6.07, 6.45) is -0.273. The molecule has 5 N–H and O–H groups in total. The lowest BCUT2D eigenvalue weighted by atomic mass is 9.42. The Morgan fingerprint density at radius 1 is 1.00 bits per heavy atom. The second kappa shape index (κ2) is 8.47. The zero-order valence-electron chi connectivity index (χ0n) is 22.9. The van der Waals surface area contributed by atoms with Crippen molar-refractivity contribution in [1.29, 1.82) is 0 Å². The minimum Gasteiger partial charge on any atom is -0.458 e. The van der Waals surface area contributed by atoms with E-state index in [2.05, 4.69) is 6.92 Å². The van der Waals surface area contributed by atoms with Crippen LogP contribution in [-0.4, -0.2) is 98.3 Å². The van der Waals surface area contributed by atoms with Crippen LogP contribution in [0.3, 0.4) is 0 Å². The summed E-state index contributed by atoms with van der Waals surface area (Å²) in [7, 11) is 0. The van der Waals surface area contributed by atoms with Gasteiger partial charge in [-0.1, -0.05) is 13.8 Å². The van der Waals surface area contributed by atoms with Crippen molar-refractivity contribution in [2.45, 2.75) is 126 Å². The molecule has 3 heterocycles. The van der Waals surface area contributed by atoms with E-state index >= 15 is 0 Å². The minimum atomic E-state index is -1.33. The summed E-state index contributed by atoms with van der Waals surface area (Å²) in [5.41, 5.74) is -2.07. The molecule has 0 aromatic heterocycles. The fourth-order valence-corrected chi connectivity index (χ4v) is 10.2. The molecule has 4 aliphatic carbocycles. The standard InChI is InChI=1S/C29H42O10/c1-13-22(32)23(33)24(34)25(37-13)38-16-4-6-26(2)15(9-16)10-20-29(39-20)18(26)11-19(30)27(3)17(5-7-28(27,29)35)14-8-21(31)36-12-14/h8,13,15-20,22-25,30,32-35H,4-7,9-12H2,1-3H3. The van der Waals surface area contributed by atoms with Gasteiger partial charge in [0.2, 0.25) is 0 Å². The zero-order valence-corrected chi connectivity index (χ0v) is 22.9. The SMILES string of the molecule is CC1OC(OC2CCC3(C)C(C2)CC2OC24C3CC(O)C2(C)C(C3=CC(=O)OC3)CCC24O)C(O)C(O)C1O. The molecule has 0 amide bonds. The molecule has 39 heavy (non-hydrogen) atoms. The van der Waals surface area contributed by atoms with Crippen LogP contribution in [0.15, 0.2) is 11.6 Å². The van der Waals surface area contributed by atoms with E-state index in [0.29, 0.717) is 25.7 Å². The lowest BCUT2D eigenvalue weighted by molar-refractivity contribution is -0.310. The first kappa shape index (κ1) is 26.8. The van der Waals surface area contributed by atoms with Crippen molar-refractivity contribution in [3.05, 3.63) is 11.6 Å². The predicted octanol–water partition coefficient (Wildman–Crippen LogP) is 0.558. The molecule has 7 rings (SSSR count). The van der Waals surface area contributed by atoms with Crippen LogP contribution in [-0.2, 0) is 23.7 Å². The zero-order chi connectivity index (χ0) is 27.7. The maximum absolute atomic E-state index is 12.6. The summed E-state index contributed by atoms with van der Waals surface area (Å²) in [5.74, 6) is -0.289. The molecular weight excluding hydrogens is 508 g/mol. The highest BCUT2D eigenvalue weighted by atomic mass is 16.7. The third-order valence-corrected chi connectivity index (χ3v) is 12.5. The van der Waals surface area contributed by atoms with Gasteiger partial charge in [-0.25, -0.2) is 4.79 Å². The number of hydrogen-bond acceptors (Lipinski definition) is 10. The highest BCUT2D eigenvalue weighted by Gasteiger charge is 2.86. The second-order valence-electron chi connectivity index (χ2n) is 13.9. The molecule has 4 saturated carbocycles. The smallest absolute Gasteiger partial charge is 0.331 e. The summed E-state index contributed by atoms with van der Waals surface area (Å²) in [6.45, 7) is 6.11. The second-order valence-corrected chi connectivity index (χ2v) is 13.9. The number of aliphatic hydroxyl groups is 5. The van der Waals surface area contributed by atoms with E-state index in [1.165, 1.54) is 6.08 Å². The van der Waals surface area contributed by atoms with E-state index in [0.717, 1.165) is 24.8 Å². The van der Waals surface area contributed by atoms with Crippen LogP contribution < -0.4 is 0 Å². The molecule has 3 aliphatic heterocycles. The first-order chi connectivity index (χ1) is 18.4. The summed E-state index contributed by atoms with van der Waals surface area (Å²) >= 11 is 0. The van der Waals surface area contributed by atoms with Gasteiger partial charge in [0.05, 0.1) is 24.4 Å². The molecule has 0 aromatic rings. The molecule has 15 unspecified atom stereocenters. The quantitative estimate of drug-likeness (QED) is 0.191. The van der Waals surface area contributed by atoms with Crippen molar-refractivity contribution in [3.63, 3.8) is 0 Å². The van der Waals surface area contributed by atoms with Crippen LogP contribution in [0.4, 0.5) is 0 Å². The van der Waals surface area contributed by atoms with Crippen LogP contribution in [0.2, 0.25) is 0 Å². The summed E-state index contributed by atoms with van der Waals surface area (Å²) in [5, 5.41) is 55.0. The Hall–Kier alpha value is -1.11. The van der Waals surface area contributed by atoms with Crippen molar-refractivity contribution in [2.75, 3.05) is 6.61 Å². The monoisotopic (exact) mass is 550 g/mol. The molecule has 218 valence electrons. The Bertz CT molecular complexity index is 1080. The molecular formula is C29H42O10. The maximum atomic E-state index is 12.6. The van der Waals surface area contributed by atoms with E-state index in [4.69, 9.17) is 18.9 Å². The Morgan fingerprint density at radius 3 is 2.49 bits per heavy atom. The number of ether oxygens (including phenoxy) is 4. The molecule has 1 spiro atoms. The van der Waals surface area contributed by atoms with Gasteiger partial charge in [-0.05, 0) is 74.7 Å². The summed E-state index contributed by atoms with van der Waals surface area (Å²) < 4.78 is 23.7. The number of esters is 1. The number of cyclic esters (lactones) is 1. The van der Waals surface area contributed by atoms with Crippen LogP contribution in [0, 0.1) is 28.6 Å². The molecule has 7 aliphatic rings. The van der Waals surface area contributed by atoms with E-state index in [1.807, 2.05) is 6.92 Å². The van der Waals surface area contributed by atoms with E-state index in [-0.39, 0.29) is 48.0 Å². The van der Waals surface area contributed by atoms with Crippen LogP contribution in [0.25, 0.3) is 0 Å². The largest absolute Gasteiger partial charge is 0.458 e. The molecule has 10 nitrogen and oxygen atoms in total. The first-order valence-corrected chi connectivity index (χ1v) is 14.7. The van der Waals surface area contributed by atoms with Crippen molar-refractivity contribution < 1.29 is 49.3 Å². The maximum Gasteiger partial charge on any atom is 0.331 e. The predicted molar refractivity (Wildman–Crippen MR) is 134 cm³/mol. The van der Waals surface area contributed by atoms with E-state index < -0.39 is 53.4 Å². The number of hydrogen-bond donors (Lipinski definition) is 5. The van der Waals surface area contributed by atoms with E-state index in [9.17, 15) is 30.3 Å². The lowest BCUT2D eigenvalue weighted by Gasteiger charge is -2.63. The third-order valence-electron chi connectivity index (χ3n) is 12.5. The van der Waals surface area contributed by atoms with Crippen LogP contribution in [0.1, 0.15) is 65.7 Å². The topological polar surface area (TPSA) is 158 Å². The highest BCUT2D eigenvalue weighted by molar-refractivity contribution is 5.85. The lowest BCUT2D eigenvalue weighted by Crippen LogP contribution is -2.72. The van der Waals surface area contributed by atoms with Crippen molar-refractivity contribution in [3.8, 4) is 0 Å². The van der Waals surface area contributed by atoms with Gasteiger partial charge in [0.1, 0.15) is 36.1 Å². The summed E-state index contributed by atoms with van der Waals surface area (Å²) in [4.78, 5) is 11.8. The fraction of sp³-hybridized carbons (Fsp3) is 0.897. The number of carbonyl (C=O) groups is 1. The van der Waals surface area contributed by atoms with Crippen molar-refractivity contribution in [2.24, 2.45) is 28.6 Å². The molecule has 6 fully saturated rings. The van der Waals surface area contributed by atoms with Gasteiger partial charge in [0, 0.05) is 17.4 Å². The molecule has 15 atom stereocenters. The molecule has 0 radical (unpaired) electrons. The average Bonchev–Trinajstić information content (AvgIpc) is 3.35. The van der Waals surface area contributed by atoms with Gasteiger partial charge in [-0.3, -0.25) is 0 Å². The van der Waals surface area contributed by atoms with Crippen molar-refractivity contribution >= 4 is 5.97 Å². The van der Waals surface area contributed by atoms with Gasteiger partial charge in [0.15, 0.2) is 6.29 Å². The number of epoxide rings is 1. The number of fused-ring (bicyclic) bond motifs is 3. The Balaban J connectivity index is 1.12. The molecule has 10 heteroatoms. The Morgan fingerprint density at radius 2 is 1.77 bits per heavy atom. The third kappa shape index (κ3) is 3.29. The van der Waals surface area contributed by atoms with Crippen LogP contribution >= 0.6 is 0 Å². The number of aliphatic hydroxyl groups excluding tert-OH is 4.